The monoisotopic (exact) mass is 446 g/mol. The van der Waals surface area contributed by atoms with Crippen molar-refractivity contribution in [3.05, 3.63) is 83.6 Å². The van der Waals surface area contributed by atoms with Crippen LogP contribution in [0.5, 0.6) is 11.6 Å². The van der Waals surface area contributed by atoms with Crippen LogP contribution < -0.4 is 10.1 Å². The fourth-order valence-electron chi connectivity index (χ4n) is 3.44. The molecule has 3 rings (SSSR count). The minimum Gasteiger partial charge on any atom is -0.478 e. The van der Waals surface area contributed by atoms with Crippen LogP contribution in [0.25, 0.3) is 0 Å². The fraction of sp³-hybridized carbons (Fsp3) is 0.231. The van der Waals surface area contributed by atoms with Gasteiger partial charge in [-0.1, -0.05) is 32.0 Å². The minimum absolute atomic E-state index is 0.0281. The van der Waals surface area contributed by atoms with E-state index in [1.807, 2.05) is 13.8 Å². The largest absolute Gasteiger partial charge is 0.478 e. The van der Waals surface area contributed by atoms with Gasteiger partial charge in [-0.25, -0.2) is 9.78 Å². The number of carbonyl (C=O) groups is 3. The van der Waals surface area contributed by atoms with Crippen molar-refractivity contribution in [1.82, 2.24) is 4.98 Å². The van der Waals surface area contributed by atoms with Gasteiger partial charge in [0.05, 0.1) is 17.7 Å². The Balaban J connectivity index is 1.59. The number of carboxylic acid groups (broad SMARTS) is 1. The second-order valence-corrected chi connectivity index (χ2v) is 7.58. The maximum Gasteiger partial charge on any atom is 0.337 e. The lowest BCUT2D eigenvalue weighted by molar-refractivity contribution is -0.115. The molecule has 0 aliphatic heterocycles. The Morgan fingerprint density at radius 3 is 2.27 bits per heavy atom. The van der Waals surface area contributed by atoms with Gasteiger partial charge in [0.2, 0.25) is 11.8 Å². The number of aromatic carboxylic acids is 1. The molecule has 0 spiro atoms. The lowest BCUT2D eigenvalue weighted by Gasteiger charge is -2.11. The van der Waals surface area contributed by atoms with E-state index < -0.39 is 5.97 Å². The maximum atomic E-state index is 12.5. The van der Waals surface area contributed by atoms with Gasteiger partial charge in [-0.05, 0) is 54.8 Å². The molecule has 0 unspecified atom stereocenters. The molecular weight excluding hydrogens is 420 g/mol. The summed E-state index contributed by atoms with van der Waals surface area (Å²) < 4.78 is 5.74. The molecule has 1 heterocycles. The molecule has 0 aliphatic carbocycles. The van der Waals surface area contributed by atoms with E-state index in [1.54, 1.807) is 54.6 Å². The Morgan fingerprint density at radius 1 is 0.970 bits per heavy atom. The zero-order valence-electron chi connectivity index (χ0n) is 18.6. The average molecular weight is 447 g/mol. The van der Waals surface area contributed by atoms with E-state index in [0.29, 0.717) is 22.8 Å². The maximum absolute atomic E-state index is 12.5. The van der Waals surface area contributed by atoms with Gasteiger partial charge in [0, 0.05) is 23.7 Å². The highest BCUT2D eigenvalue weighted by Crippen LogP contribution is 2.23. The summed E-state index contributed by atoms with van der Waals surface area (Å²) in [5.41, 5.74) is 1.59. The van der Waals surface area contributed by atoms with Crippen LogP contribution in [0.15, 0.2) is 66.9 Å². The van der Waals surface area contributed by atoms with Crippen molar-refractivity contribution < 1.29 is 24.2 Å². The fourth-order valence-corrected chi connectivity index (χ4v) is 3.44. The molecule has 0 saturated carbocycles. The number of amides is 1. The highest BCUT2D eigenvalue weighted by Gasteiger charge is 2.16. The SMILES string of the molecule is CCC(CC)C(=O)c1ccc(Oc2ccc(CC(=O)Nc3ccccc3C(=O)O)cn2)cc1. The molecule has 0 radical (unpaired) electrons. The topological polar surface area (TPSA) is 106 Å². The van der Waals surface area contributed by atoms with Crippen LogP contribution in [-0.2, 0) is 11.2 Å². The molecule has 2 N–H and O–H groups in total. The van der Waals surface area contributed by atoms with Crippen LogP contribution in [0.2, 0.25) is 0 Å². The number of nitrogens with one attached hydrogen (secondary N) is 1. The predicted molar refractivity (Wildman–Crippen MR) is 125 cm³/mol. The van der Waals surface area contributed by atoms with Crippen molar-refractivity contribution in [2.75, 3.05) is 5.32 Å². The smallest absolute Gasteiger partial charge is 0.337 e. The molecule has 7 nitrogen and oxygen atoms in total. The van der Waals surface area contributed by atoms with Crippen molar-refractivity contribution >= 4 is 23.3 Å². The summed E-state index contributed by atoms with van der Waals surface area (Å²) in [6, 6.07) is 16.6. The van der Waals surface area contributed by atoms with Gasteiger partial charge in [-0.3, -0.25) is 9.59 Å². The van der Waals surface area contributed by atoms with E-state index in [-0.39, 0.29) is 35.3 Å². The van der Waals surface area contributed by atoms with E-state index in [9.17, 15) is 19.5 Å². The standard InChI is InChI=1S/C26H26N2O5/c1-3-18(4-2)25(30)19-10-12-20(13-11-19)33-24-14-9-17(16-27-24)15-23(29)28-22-8-6-5-7-21(22)26(31)32/h5-14,16,18H,3-4,15H2,1-2H3,(H,28,29)(H,31,32). The Bertz CT molecular complexity index is 1120. The lowest BCUT2D eigenvalue weighted by atomic mass is 9.93. The van der Waals surface area contributed by atoms with Crippen LogP contribution >= 0.6 is 0 Å². The molecular formula is C26H26N2O5. The molecule has 1 amide bonds. The van der Waals surface area contributed by atoms with E-state index in [0.717, 1.165) is 12.8 Å². The molecule has 170 valence electrons. The summed E-state index contributed by atoms with van der Waals surface area (Å²) >= 11 is 0. The Hall–Kier alpha value is -4.00. The van der Waals surface area contributed by atoms with Gasteiger partial charge >= 0.3 is 5.97 Å². The van der Waals surface area contributed by atoms with Gasteiger partial charge in [0.15, 0.2) is 5.78 Å². The molecule has 0 bridgehead atoms. The number of ketones is 1. The second-order valence-electron chi connectivity index (χ2n) is 7.58. The number of para-hydroxylation sites is 1. The lowest BCUT2D eigenvalue weighted by Crippen LogP contribution is -2.16. The number of aromatic nitrogens is 1. The van der Waals surface area contributed by atoms with Crippen molar-refractivity contribution in [3.8, 4) is 11.6 Å². The molecule has 3 aromatic rings. The minimum atomic E-state index is -1.11. The van der Waals surface area contributed by atoms with Crippen molar-refractivity contribution in [2.24, 2.45) is 5.92 Å². The Morgan fingerprint density at radius 2 is 1.67 bits per heavy atom. The van der Waals surface area contributed by atoms with E-state index >= 15 is 0 Å². The summed E-state index contributed by atoms with van der Waals surface area (Å²) in [4.78, 5) is 40.3. The normalized spacial score (nSPS) is 10.6. The molecule has 0 atom stereocenters. The zero-order valence-corrected chi connectivity index (χ0v) is 18.6. The predicted octanol–water partition coefficient (Wildman–Crippen LogP) is 5.37. The third-order valence-corrected chi connectivity index (χ3v) is 5.31. The molecule has 0 saturated heterocycles. The van der Waals surface area contributed by atoms with Gasteiger partial charge in [0.1, 0.15) is 5.75 Å². The van der Waals surface area contributed by atoms with Crippen LogP contribution in [0.1, 0.15) is 53.0 Å². The van der Waals surface area contributed by atoms with Crippen LogP contribution in [0, 0.1) is 5.92 Å². The van der Waals surface area contributed by atoms with E-state index in [4.69, 9.17) is 4.74 Å². The third kappa shape index (κ3) is 6.26. The number of anilines is 1. The van der Waals surface area contributed by atoms with Gasteiger partial charge in [-0.15, -0.1) is 0 Å². The van der Waals surface area contributed by atoms with E-state index in [1.165, 1.54) is 12.3 Å². The number of carbonyl (C=O) groups excluding carboxylic acids is 2. The Labute approximate surface area is 192 Å². The molecule has 33 heavy (non-hydrogen) atoms. The number of pyridine rings is 1. The first-order valence-corrected chi connectivity index (χ1v) is 10.8. The molecule has 0 aliphatic rings. The van der Waals surface area contributed by atoms with Gasteiger partial charge in [-0.2, -0.15) is 0 Å². The summed E-state index contributed by atoms with van der Waals surface area (Å²) in [5.74, 6) is -0.383. The number of hydrogen-bond donors (Lipinski definition) is 2. The van der Waals surface area contributed by atoms with Crippen molar-refractivity contribution in [1.29, 1.82) is 0 Å². The number of carboxylic acids is 1. The van der Waals surface area contributed by atoms with E-state index in [2.05, 4.69) is 10.3 Å². The van der Waals surface area contributed by atoms with Crippen LogP contribution in [-0.4, -0.2) is 27.8 Å². The first-order valence-electron chi connectivity index (χ1n) is 10.8. The first kappa shape index (κ1) is 23.7. The number of ether oxygens (including phenoxy) is 1. The summed E-state index contributed by atoms with van der Waals surface area (Å²) in [6.07, 6.45) is 3.19. The number of hydrogen-bond acceptors (Lipinski definition) is 5. The quantitative estimate of drug-likeness (QED) is 0.406. The average Bonchev–Trinajstić information content (AvgIpc) is 2.81. The van der Waals surface area contributed by atoms with Crippen LogP contribution in [0.3, 0.4) is 0 Å². The van der Waals surface area contributed by atoms with Crippen LogP contribution in [0.4, 0.5) is 5.69 Å². The molecule has 2 aromatic carbocycles. The molecule has 0 fully saturated rings. The van der Waals surface area contributed by atoms with Gasteiger partial charge < -0.3 is 15.2 Å². The zero-order chi connectivity index (χ0) is 23.8. The van der Waals surface area contributed by atoms with Crippen molar-refractivity contribution in [2.45, 2.75) is 33.1 Å². The van der Waals surface area contributed by atoms with Crippen molar-refractivity contribution in [3.63, 3.8) is 0 Å². The number of rotatable bonds is 10. The number of Topliss-reactive ketones (excluding diaryl/α,β-unsaturated/α-hetero) is 1. The second kappa shape index (κ2) is 11.0. The highest BCUT2D eigenvalue weighted by molar-refractivity contribution is 6.01. The first-order chi connectivity index (χ1) is 15.9. The molecule has 7 heteroatoms. The highest BCUT2D eigenvalue weighted by atomic mass is 16.5. The Kier molecular flexibility index (Phi) is 7.91. The van der Waals surface area contributed by atoms with Gasteiger partial charge in [0.25, 0.3) is 0 Å². The summed E-state index contributed by atoms with van der Waals surface area (Å²) in [6.45, 7) is 4.02. The number of nitrogens with zero attached hydrogens (tertiary/aromatic N) is 1. The third-order valence-electron chi connectivity index (χ3n) is 5.31. The summed E-state index contributed by atoms with van der Waals surface area (Å²) in [5, 5.41) is 11.8. The number of benzene rings is 2. The molecule has 1 aromatic heterocycles. The summed E-state index contributed by atoms with van der Waals surface area (Å²) in [7, 11) is 0.